The van der Waals surface area contributed by atoms with E-state index < -0.39 is 0 Å². The lowest BCUT2D eigenvalue weighted by Gasteiger charge is -2.37. The van der Waals surface area contributed by atoms with E-state index in [-0.39, 0.29) is 5.92 Å². The van der Waals surface area contributed by atoms with Crippen molar-refractivity contribution in [3.05, 3.63) is 0 Å². The lowest BCUT2D eigenvalue weighted by molar-refractivity contribution is -0.139. The number of amides is 1. The number of likely N-dealkylation sites (tertiary alicyclic amines) is 1. The first-order valence-corrected chi connectivity index (χ1v) is 6.51. The zero-order valence-corrected chi connectivity index (χ0v) is 10.5. The second-order valence-electron chi connectivity index (χ2n) is 4.78. The Morgan fingerprint density at radius 2 is 2.13 bits per heavy atom. The van der Waals surface area contributed by atoms with E-state index in [9.17, 15) is 4.79 Å². The fraction of sp³-hybridized carbons (Fsp3) is 0.923. The van der Waals surface area contributed by atoms with Gasteiger partial charge in [-0.3, -0.25) is 4.79 Å². The summed E-state index contributed by atoms with van der Waals surface area (Å²) in [7, 11) is 0. The van der Waals surface area contributed by atoms with Gasteiger partial charge in [-0.15, -0.1) is 0 Å². The molecule has 88 valence electrons. The summed E-state index contributed by atoms with van der Waals surface area (Å²) in [5, 5.41) is 0. The van der Waals surface area contributed by atoms with Crippen molar-refractivity contribution in [2.24, 2.45) is 5.92 Å². The molecule has 0 N–H and O–H groups in total. The molecular weight excluding hydrogens is 186 g/mol. The molecule has 0 bridgehead atoms. The van der Waals surface area contributed by atoms with Crippen molar-refractivity contribution in [2.45, 2.75) is 65.3 Å². The van der Waals surface area contributed by atoms with Crippen molar-refractivity contribution >= 4 is 5.91 Å². The number of rotatable bonds is 4. The fourth-order valence-electron chi connectivity index (χ4n) is 2.55. The van der Waals surface area contributed by atoms with Crippen molar-refractivity contribution in [2.75, 3.05) is 6.54 Å². The Morgan fingerprint density at radius 3 is 2.73 bits per heavy atom. The Morgan fingerprint density at radius 1 is 1.40 bits per heavy atom. The largest absolute Gasteiger partial charge is 0.340 e. The molecule has 2 atom stereocenters. The molecule has 0 spiro atoms. The van der Waals surface area contributed by atoms with Crippen LogP contribution in [-0.2, 0) is 4.79 Å². The van der Waals surface area contributed by atoms with E-state index in [0.717, 1.165) is 25.8 Å². The summed E-state index contributed by atoms with van der Waals surface area (Å²) in [5.41, 5.74) is 0. The van der Waals surface area contributed by atoms with Crippen LogP contribution in [0.5, 0.6) is 0 Å². The number of carbonyl (C=O) groups is 1. The van der Waals surface area contributed by atoms with Crippen molar-refractivity contribution in [1.82, 2.24) is 4.90 Å². The van der Waals surface area contributed by atoms with Crippen molar-refractivity contribution in [1.29, 1.82) is 0 Å². The molecule has 15 heavy (non-hydrogen) atoms. The Bertz CT molecular complexity index is 203. The molecule has 0 aliphatic carbocycles. The van der Waals surface area contributed by atoms with Gasteiger partial charge in [-0.05, 0) is 32.1 Å². The van der Waals surface area contributed by atoms with Crippen molar-refractivity contribution in [3.8, 4) is 0 Å². The molecule has 2 heteroatoms. The second kappa shape index (κ2) is 6.14. The summed E-state index contributed by atoms with van der Waals surface area (Å²) in [6.45, 7) is 7.41. The van der Waals surface area contributed by atoms with Crippen LogP contribution in [0, 0.1) is 5.92 Å². The Kier molecular flexibility index (Phi) is 5.13. The third-order valence-corrected chi connectivity index (χ3v) is 3.52. The number of carbonyl (C=O) groups excluding carboxylic acids is 1. The van der Waals surface area contributed by atoms with E-state index in [2.05, 4.69) is 25.7 Å². The van der Waals surface area contributed by atoms with Gasteiger partial charge < -0.3 is 4.90 Å². The zero-order chi connectivity index (χ0) is 11.3. The number of hydrogen-bond acceptors (Lipinski definition) is 1. The normalized spacial score (nSPS) is 23.9. The maximum atomic E-state index is 12.2. The quantitative estimate of drug-likeness (QED) is 0.699. The fourth-order valence-corrected chi connectivity index (χ4v) is 2.55. The van der Waals surface area contributed by atoms with Crippen LogP contribution < -0.4 is 0 Å². The molecule has 1 amide bonds. The summed E-state index contributed by atoms with van der Waals surface area (Å²) >= 11 is 0. The van der Waals surface area contributed by atoms with Gasteiger partial charge in [0.05, 0.1) is 0 Å². The van der Waals surface area contributed by atoms with Gasteiger partial charge >= 0.3 is 0 Å². The molecule has 2 nitrogen and oxygen atoms in total. The molecular formula is C13H25NO. The minimum Gasteiger partial charge on any atom is -0.340 e. The van der Waals surface area contributed by atoms with Gasteiger partial charge in [0, 0.05) is 18.5 Å². The van der Waals surface area contributed by atoms with Crippen molar-refractivity contribution in [3.63, 3.8) is 0 Å². The van der Waals surface area contributed by atoms with Crippen LogP contribution in [0.25, 0.3) is 0 Å². The first-order chi connectivity index (χ1) is 7.20. The van der Waals surface area contributed by atoms with Gasteiger partial charge in [0.1, 0.15) is 0 Å². The SMILES string of the molecule is CCC[C@H](C)C(=O)N1CCCC[C@@H]1CC. The van der Waals surface area contributed by atoms with Gasteiger partial charge in [0.2, 0.25) is 5.91 Å². The second-order valence-corrected chi connectivity index (χ2v) is 4.78. The van der Waals surface area contributed by atoms with E-state index in [1.54, 1.807) is 0 Å². The molecule has 0 aromatic rings. The molecule has 0 aromatic heterocycles. The molecule has 1 rings (SSSR count). The van der Waals surface area contributed by atoms with Crippen LogP contribution in [0.2, 0.25) is 0 Å². The number of hydrogen-bond donors (Lipinski definition) is 0. The Labute approximate surface area is 94.0 Å². The Balaban J connectivity index is 2.55. The molecule has 1 fully saturated rings. The summed E-state index contributed by atoms with van der Waals surface area (Å²) in [6, 6.07) is 0.519. The molecule has 1 heterocycles. The van der Waals surface area contributed by atoms with Gasteiger partial charge in [0.25, 0.3) is 0 Å². The highest BCUT2D eigenvalue weighted by molar-refractivity contribution is 5.78. The average Bonchev–Trinajstić information content (AvgIpc) is 2.28. The molecule has 0 radical (unpaired) electrons. The summed E-state index contributed by atoms with van der Waals surface area (Å²) < 4.78 is 0. The molecule has 1 aliphatic heterocycles. The highest BCUT2D eigenvalue weighted by atomic mass is 16.2. The van der Waals surface area contributed by atoms with E-state index >= 15 is 0 Å². The Hall–Kier alpha value is -0.530. The predicted molar refractivity (Wildman–Crippen MR) is 63.7 cm³/mol. The van der Waals surface area contributed by atoms with Crippen LogP contribution in [0.3, 0.4) is 0 Å². The van der Waals surface area contributed by atoms with E-state index in [1.165, 1.54) is 19.3 Å². The summed E-state index contributed by atoms with van der Waals surface area (Å²) in [4.78, 5) is 14.3. The highest BCUT2D eigenvalue weighted by Crippen LogP contribution is 2.22. The molecule has 0 unspecified atom stereocenters. The third-order valence-electron chi connectivity index (χ3n) is 3.52. The smallest absolute Gasteiger partial charge is 0.225 e. The molecule has 1 aliphatic rings. The standard InChI is InChI=1S/C13H25NO/c1-4-8-11(3)13(15)14-10-7-6-9-12(14)5-2/h11-12H,4-10H2,1-3H3/t11-,12-/m0/s1. The van der Waals surface area contributed by atoms with Gasteiger partial charge in [0.15, 0.2) is 0 Å². The van der Waals surface area contributed by atoms with E-state index in [1.807, 2.05) is 0 Å². The third kappa shape index (κ3) is 3.22. The zero-order valence-electron chi connectivity index (χ0n) is 10.5. The van der Waals surface area contributed by atoms with E-state index in [4.69, 9.17) is 0 Å². The number of nitrogens with zero attached hydrogens (tertiary/aromatic N) is 1. The highest BCUT2D eigenvalue weighted by Gasteiger charge is 2.27. The minimum atomic E-state index is 0.224. The molecule has 0 aromatic carbocycles. The molecule has 0 saturated carbocycles. The van der Waals surface area contributed by atoms with Crippen LogP contribution in [0.4, 0.5) is 0 Å². The average molecular weight is 211 g/mol. The minimum absolute atomic E-state index is 0.224. The summed E-state index contributed by atoms with van der Waals surface area (Å²) in [6.07, 6.45) is 6.96. The van der Waals surface area contributed by atoms with Crippen LogP contribution in [-0.4, -0.2) is 23.4 Å². The maximum absolute atomic E-state index is 12.2. The lowest BCUT2D eigenvalue weighted by atomic mass is 9.96. The monoisotopic (exact) mass is 211 g/mol. The van der Waals surface area contributed by atoms with Crippen molar-refractivity contribution < 1.29 is 4.79 Å². The first kappa shape index (κ1) is 12.5. The van der Waals surface area contributed by atoms with E-state index in [0.29, 0.717) is 11.9 Å². The predicted octanol–water partition coefficient (Wildman–Crippen LogP) is 3.21. The maximum Gasteiger partial charge on any atom is 0.225 e. The van der Waals surface area contributed by atoms with Crippen LogP contribution >= 0.6 is 0 Å². The van der Waals surface area contributed by atoms with Gasteiger partial charge in [-0.2, -0.15) is 0 Å². The summed E-state index contributed by atoms with van der Waals surface area (Å²) in [5.74, 6) is 0.616. The van der Waals surface area contributed by atoms with Crippen LogP contribution in [0.15, 0.2) is 0 Å². The lowest BCUT2D eigenvalue weighted by Crippen LogP contribution is -2.45. The first-order valence-electron chi connectivity index (χ1n) is 6.51. The topological polar surface area (TPSA) is 20.3 Å². The van der Waals surface area contributed by atoms with Crippen LogP contribution in [0.1, 0.15) is 59.3 Å². The van der Waals surface area contributed by atoms with Gasteiger partial charge in [-0.25, -0.2) is 0 Å². The van der Waals surface area contributed by atoms with Gasteiger partial charge in [-0.1, -0.05) is 27.2 Å². The molecule has 1 saturated heterocycles. The number of piperidine rings is 1.